The smallest absolute Gasteiger partial charge is 0.267 e. The number of hydrogen-bond donors (Lipinski definition) is 0. The second-order valence-electron chi connectivity index (χ2n) is 6.87. The minimum atomic E-state index is -0.360. The Morgan fingerprint density at radius 3 is 2.50 bits per heavy atom. The average Bonchev–Trinajstić information content (AvgIpc) is 2.54. The minimum absolute atomic E-state index is 0.0309. The van der Waals surface area contributed by atoms with Crippen molar-refractivity contribution in [3.8, 4) is 17.3 Å². The molecule has 0 fully saturated rings. The van der Waals surface area contributed by atoms with E-state index in [9.17, 15) is 10.1 Å². The molecule has 3 rings (SSSR count). The molecule has 0 aromatic carbocycles. The number of hydrogen-bond acceptors (Lipinski definition) is 4. The number of aromatic nitrogens is 3. The molecular formula is C19H18N4O. The highest BCUT2D eigenvalue weighted by atomic mass is 16.1. The Morgan fingerprint density at radius 2 is 1.92 bits per heavy atom. The SMILES string of the molecule is Cc1ccc2nc(-c3ccc(C(C)(C)C)nc3)c(C#N)c(=O)n2c1. The summed E-state index contributed by atoms with van der Waals surface area (Å²) in [5.74, 6) is 0. The fraction of sp³-hybridized carbons (Fsp3) is 0.263. The molecule has 5 heteroatoms. The Morgan fingerprint density at radius 1 is 1.17 bits per heavy atom. The van der Waals surface area contributed by atoms with Gasteiger partial charge in [-0.05, 0) is 30.7 Å². The fourth-order valence-electron chi connectivity index (χ4n) is 2.53. The van der Waals surface area contributed by atoms with Crippen LogP contribution in [0.1, 0.15) is 37.6 Å². The zero-order chi connectivity index (χ0) is 17.5. The van der Waals surface area contributed by atoms with Gasteiger partial charge in [0.25, 0.3) is 5.56 Å². The maximum Gasteiger partial charge on any atom is 0.276 e. The lowest BCUT2D eigenvalue weighted by molar-refractivity contribution is 0.569. The molecule has 0 aliphatic heterocycles. The first kappa shape index (κ1) is 15.9. The zero-order valence-corrected chi connectivity index (χ0v) is 14.2. The third-order valence-corrected chi connectivity index (χ3v) is 3.89. The number of rotatable bonds is 1. The van der Waals surface area contributed by atoms with Crippen molar-refractivity contribution in [3.63, 3.8) is 0 Å². The van der Waals surface area contributed by atoms with Gasteiger partial charge in [-0.1, -0.05) is 26.8 Å². The molecule has 24 heavy (non-hydrogen) atoms. The van der Waals surface area contributed by atoms with Gasteiger partial charge in [-0.25, -0.2) is 4.98 Å². The van der Waals surface area contributed by atoms with E-state index in [1.165, 1.54) is 4.40 Å². The molecule has 5 nitrogen and oxygen atoms in total. The summed E-state index contributed by atoms with van der Waals surface area (Å²) in [4.78, 5) is 21.6. The summed E-state index contributed by atoms with van der Waals surface area (Å²) in [6.07, 6.45) is 3.37. The Labute approximate surface area is 140 Å². The Kier molecular flexibility index (Phi) is 3.69. The van der Waals surface area contributed by atoms with Gasteiger partial charge in [-0.3, -0.25) is 14.2 Å². The van der Waals surface area contributed by atoms with Crippen LogP contribution < -0.4 is 5.56 Å². The molecule has 120 valence electrons. The van der Waals surface area contributed by atoms with E-state index in [-0.39, 0.29) is 16.5 Å². The van der Waals surface area contributed by atoms with Crippen LogP contribution in [0.25, 0.3) is 16.9 Å². The van der Waals surface area contributed by atoms with Crippen LogP contribution in [-0.4, -0.2) is 14.4 Å². The van der Waals surface area contributed by atoms with E-state index >= 15 is 0 Å². The largest absolute Gasteiger partial charge is 0.276 e. The minimum Gasteiger partial charge on any atom is -0.267 e. The number of pyridine rings is 2. The van der Waals surface area contributed by atoms with E-state index in [2.05, 4.69) is 30.7 Å². The summed E-state index contributed by atoms with van der Waals surface area (Å²) in [6.45, 7) is 8.14. The average molecular weight is 318 g/mol. The van der Waals surface area contributed by atoms with Crippen molar-refractivity contribution in [3.05, 3.63) is 63.8 Å². The molecule has 3 aromatic rings. The van der Waals surface area contributed by atoms with E-state index in [1.807, 2.05) is 31.2 Å². The second kappa shape index (κ2) is 5.57. The molecule has 3 heterocycles. The third kappa shape index (κ3) is 2.67. The molecular weight excluding hydrogens is 300 g/mol. The first-order chi connectivity index (χ1) is 11.3. The molecule has 0 N–H and O–H groups in total. The summed E-state index contributed by atoms with van der Waals surface area (Å²) in [7, 11) is 0. The maximum absolute atomic E-state index is 12.6. The van der Waals surface area contributed by atoms with Gasteiger partial charge in [0.2, 0.25) is 0 Å². The number of fused-ring (bicyclic) bond motifs is 1. The molecule has 0 radical (unpaired) electrons. The molecule has 0 saturated carbocycles. The van der Waals surface area contributed by atoms with Crippen LogP contribution >= 0.6 is 0 Å². The third-order valence-electron chi connectivity index (χ3n) is 3.89. The van der Waals surface area contributed by atoms with E-state index in [1.54, 1.807) is 18.5 Å². The van der Waals surface area contributed by atoms with Crippen molar-refractivity contribution >= 4 is 5.65 Å². The van der Waals surface area contributed by atoms with Gasteiger partial charge in [-0.15, -0.1) is 0 Å². The monoisotopic (exact) mass is 318 g/mol. The van der Waals surface area contributed by atoms with E-state index < -0.39 is 0 Å². The summed E-state index contributed by atoms with van der Waals surface area (Å²) in [5, 5.41) is 9.45. The fourth-order valence-corrected chi connectivity index (χ4v) is 2.53. The lowest BCUT2D eigenvalue weighted by Gasteiger charge is -2.17. The van der Waals surface area contributed by atoms with Crippen molar-refractivity contribution in [2.75, 3.05) is 0 Å². The highest BCUT2D eigenvalue weighted by Gasteiger charge is 2.18. The molecule has 0 aliphatic carbocycles. The van der Waals surface area contributed by atoms with Crippen LogP contribution in [0.4, 0.5) is 0 Å². The molecule has 0 unspecified atom stereocenters. The van der Waals surface area contributed by atoms with E-state index in [4.69, 9.17) is 0 Å². The van der Waals surface area contributed by atoms with Gasteiger partial charge in [0, 0.05) is 29.1 Å². The maximum atomic E-state index is 12.6. The number of nitriles is 1. The van der Waals surface area contributed by atoms with Crippen molar-refractivity contribution in [2.45, 2.75) is 33.1 Å². The quantitative estimate of drug-likeness (QED) is 0.690. The molecule has 0 saturated heterocycles. The first-order valence-corrected chi connectivity index (χ1v) is 7.71. The molecule has 0 atom stereocenters. The van der Waals surface area contributed by atoms with Gasteiger partial charge in [0.1, 0.15) is 17.3 Å². The number of aryl methyl sites for hydroxylation is 1. The van der Waals surface area contributed by atoms with E-state index in [0.29, 0.717) is 16.9 Å². The highest BCUT2D eigenvalue weighted by molar-refractivity contribution is 5.67. The van der Waals surface area contributed by atoms with Crippen LogP contribution in [0.2, 0.25) is 0 Å². The van der Waals surface area contributed by atoms with Gasteiger partial charge < -0.3 is 0 Å². The summed E-state index contributed by atoms with van der Waals surface area (Å²) in [6, 6.07) is 9.43. The van der Waals surface area contributed by atoms with Gasteiger partial charge in [0.15, 0.2) is 0 Å². The Bertz CT molecular complexity index is 1020. The molecule has 0 bridgehead atoms. The van der Waals surface area contributed by atoms with E-state index in [0.717, 1.165) is 11.3 Å². The predicted octanol–water partition coefficient (Wildman–Crippen LogP) is 3.23. The van der Waals surface area contributed by atoms with Gasteiger partial charge in [-0.2, -0.15) is 5.26 Å². The summed E-state index contributed by atoms with van der Waals surface area (Å²) in [5.41, 5.74) is 3.03. The summed E-state index contributed by atoms with van der Waals surface area (Å²) < 4.78 is 1.41. The second-order valence-corrected chi connectivity index (χ2v) is 6.87. The van der Waals surface area contributed by atoms with Gasteiger partial charge >= 0.3 is 0 Å². The summed E-state index contributed by atoms with van der Waals surface area (Å²) >= 11 is 0. The zero-order valence-electron chi connectivity index (χ0n) is 14.2. The highest BCUT2D eigenvalue weighted by Crippen LogP contribution is 2.24. The van der Waals surface area contributed by atoms with Gasteiger partial charge in [0.05, 0.1) is 5.69 Å². The van der Waals surface area contributed by atoms with Crippen LogP contribution in [0.15, 0.2) is 41.5 Å². The van der Waals surface area contributed by atoms with Crippen LogP contribution in [0.5, 0.6) is 0 Å². The Hall–Kier alpha value is -3.00. The lowest BCUT2D eigenvalue weighted by Crippen LogP contribution is -2.20. The molecule has 3 aromatic heterocycles. The topological polar surface area (TPSA) is 71.0 Å². The van der Waals surface area contributed by atoms with Crippen LogP contribution in [0, 0.1) is 18.3 Å². The van der Waals surface area contributed by atoms with Crippen molar-refractivity contribution in [2.24, 2.45) is 0 Å². The first-order valence-electron chi connectivity index (χ1n) is 7.71. The van der Waals surface area contributed by atoms with Crippen molar-refractivity contribution in [1.82, 2.24) is 14.4 Å². The van der Waals surface area contributed by atoms with Crippen molar-refractivity contribution < 1.29 is 0 Å². The van der Waals surface area contributed by atoms with Crippen LogP contribution in [0.3, 0.4) is 0 Å². The number of nitrogens with zero attached hydrogens (tertiary/aromatic N) is 4. The Balaban J connectivity index is 2.25. The standard InChI is InChI=1S/C19H18N4O/c1-12-5-8-16-22-17(14(9-20)18(24)23(16)11-12)13-6-7-15(21-10-13)19(2,3)4/h5-8,10-11H,1-4H3. The molecule has 0 aliphatic rings. The van der Waals surface area contributed by atoms with Crippen molar-refractivity contribution in [1.29, 1.82) is 5.26 Å². The molecule has 0 spiro atoms. The lowest BCUT2D eigenvalue weighted by atomic mass is 9.91. The van der Waals surface area contributed by atoms with Crippen LogP contribution in [-0.2, 0) is 5.41 Å². The normalized spacial score (nSPS) is 11.5. The predicted molar refractivity (Wildman–Crippen MR) is 92.8 cm³/mol. The molecule has 0 amide bonds.